The number of carbonyl (C=O) groups is 1. The molecule has 0 aromatic heterocycles. The van der Waals surface area contributed by atoms with Crippen LogP contribution in [-0.2, 0) is 4.79 Å². The highest BCUT2D eigenvalue weighted by Gasteiger charge is 2.30. The molecule has 98 valence electrons. The van der Waals surface area contributed by atoms with Crippen molar-refractivity contribution in [3.8, 4) is 0 Å². The van der Waals surface area contributed by atoms with Crippen LogP contribution in [0.15, 0.2) is 29.2 Å². The molecule has 1 aromatic carbocycles. The summed E-state index contributed by atoms with van der Waals surface area (Å²) in [6.07, 6.45) is 1.63. The van der Waals surface area contributed by atoms with Crippen molar-refractivity contribution in [3.05, 3.63) is 44.8 Å². The van der Waals surface area contributed by atoms with E-state index < -0.39 is 4.92 Å². The molecule has 0 radical (unpaired) electrons. The Morgan fingerprint density at radius 3 is 2.84 bits per heavy atom. The normalized spacial score (nSPS) is 17.3. The SMILES string of the molecule is CCN1C(=O)C(=Cc2cccc([N+](=O)[O-])c2)SC1=S. The number of nitro benzene ring substituents is 1. The molecule has 0 bridgehead atoms. The lowest BCUT2D eigenvalue weighted by molar-refractivity contribution is -0.384. The largest absolute Gasteiger partial charge is 0.293 e. The average Bonchev–Trinajstić information content (AvgIpc) is 2.64. The van der Waals surface area contributed by atoms with Gasteiger partial charge in [-0.05, 0) is 18.6 Å². The molecule has 1 aliphatic rings. The van der Waals surface area contributed by atoms with Gasteiger partial charge in [-0.2, -0.15) is 0 Å². The van der Waals surface area contributed by atoms with Gasteiger partial charge < -0.3 is 0 Å². The van der Waals surface area contributed by atoms with E-state index in [2.05, 4.69) is 0 Å². The predicted octanol–water partition coefficient (Wildman–Crippen LogP) is 2.82. The van der Waals surface area contributed by atoms with Gasteiger partial charge in [0.15, 0.2) is 0 Å². The topological polar surface area (TPSA) is 63.5 Å². The maximum atomic E-state index is 12.0. The van der Waals surface area contributed by atoms with Crippen molar-refractivity contribution >= 4 is 46.0 Å². The van der Waals surface area contributed by atoms with E-state index in [-0.39, 0.29) is 11.6 Å². The lowest BCUT2D eigenvalue weighted by atomic mass is 10.2. The van der Waals surface area contributed by atoms with Crippen molar-refractivity contribution in [3.63, 3.8) is 0 Å². The van der Waals surface area contributed by atoms with E-state index in [1.165, 1.54) is 28.8 Å². The highest BCUT2D eigenvalue weighted by atomic mass is 32.2. The van der Waals surface area contributed by atoms with Gasteiger partial charge in [0, 0.05) is 18.7 Å². The summed E-state index contributed by atoms with van der Waals surface area (Å²) in [7, 11) is 0. The molecule has 1 fully saturated rings. The van der Waals surface area contributed by atoms with Crippen molar-refractivity contribution in [1.82, 2.24) is 4.90 Å². The highest BCUT2D eigenvalue weighted by molar-refractivity contribution is 8.26. The number of likely N-dealkylation sites (N-methyl/N-ethyl adjacent to an activating group) is 1. The van der Waals surface area contributed by atoms with Crippen molar-refractivity contribution in [1.29, 1.82) is 0 Å². The fourth-order valence-corrected chi connectivity index (χ4v) is 3.04. The molecule has 1 aromatic rings. The third-order valence-electron chi connectivity index (χ3n) is 2.57. The number of carbonyl (C=O) groups excluding carboxylic acids is 1. The fourth-order valence-electron chi connectivity index (χ4n) is 1.65. The smallest absolute Gasteiger partial charge is 0.270 e. The second-order valence-corrected chi connectivity index (χ2v) is 5.45. The highest BCUT2D eigenvalue weighted by Crippen LogP contribution is 2.32. The van der Waals surface area contributed by atoms with Gasteiger partial charge in [-0.1, -0.05) is 36.1 Å². The van der Waals surface area contributed by atoms with Gasteiger partial charge in [0.05, 0.1) is 9.83 Å². The number of rotatable bonds is 3. The fraction of sp³-hybridized carbons (Fsp3) is 0.167. The average molecular weight is 294 g/mol. The predicted molar refractivity (Wildman–Crippen MR) is 78.6 cm³/mol. The van der Waals surface area contributed by atoms with Gasteiger partial charge >= 0.3 is 0 Å². The molecule has 1 aliphatic heterocycles. The Labute approximate surface area is 119 Å². The molecule has 1 amide bonds. The maximum absolute atomic E-state index is 12.0. The van der Waals surface area contributed by atoms with Gasteiger partial charge in [0.2, 0.25) is 0 Å². The first-order valence-electron chi connectivity index (χ1n) is 5.52. The first-order chi connectivity index (χ1) is 9.02. The van der Waals surface area contributed by atoms with Crippen LogP contribution in [0.5, 0.6) is 0 Å². The minimum absolute atomic E-state index is 0.000259. The summed E-state index contributed by atoms with van der Waals surface area (Å²) in [6, 6.07) is 6.14. The standard InChI is InChI=1S/C12H10N2O3S2/c1-2-13-11(15)10(19-12(13)18)7-8-4-3-5-9(6-8)14(16)17/h3-7H,2H2,1H3. The Balaban J connectivity index is 2.32. The monoisotopic (exact) mass is 294 g/mol. The van der Waals surface area contributed by atoms with Gasteiger partial charge in [-0.3, -0.25) is 19.8 Å². The maximum Gasteiger partial charge on any atom is 0.270 e. The van der Waals surface area contributed by atoms with E-state index in [1.807, 2.05) is 6.92 Å². The minimum atomic E-state index is -0.464. The van der Waals surface area contributed by atoms with Gasteiger partial charge in [-0.15, -0.1) is 0 Å². The second-order valence-electron chi connectivity index (χ2n) is 3.78. The zero-order valence-corrected chi connectivity index (χ0v) is 11.7. The Hall–Kier alpha value is -1.73. The first-order valence-corrected chi connectivity index (χ1v) is 6.75. The molecule has 5 nitrogen and oxygen atoms in total. The number of amides is 1. The third-order valence-corrected chi connectivity index (χ3v) is 3.95. The van der Waals surface area contributed by atoms with Crippen LogP contribution < -0.4 is 0 Å². The van der Waals surface area contributed by atoms with Crippen LogP contribution in [-0.4, -0.2) is 26.6 Å². The summed E-state index contributed by atoms with van der Waals surface area (Å²) < 4.78 is 0.518. The summed E-state index contributed by atoms with van der Waals surface area (Å²) >= 11 is 6.31. The molecule has 7 heteroatoms. The van der Waals surface area contributed by atoms with E-state index in [9.17, 15) is 14.9 Å². The minimum Gasteiger partial charge on any atom is -0.293 e. The number of hydrogen-bond acceptors (Lipinski definition) is 5. The Kier molecular flexibility index (Phi) is 3.96. The van der Waals surface area contributed by atoms with Crippen LogP contribution in [0.1, 0.15) is 12.5 Å². The molecule has 1 saturated heterocycles. The van der Waals surface area contributed by atoms with Gasteiger partial charge in [-0.25, -0.2) is 0 Å². The van der Waals surface area contributed by atoms with Crippen molar-refractivity contribution in [2.45, 2.75) is 6.92 Å². The molecule has 0 N–H and O–H groups in total. The van der Waals surface area contributed by atoms with Gasteiger partial charge in [0.1, 0.15) is 4.32 Å². The Morgan fingerprint density at radius 2 is 2.26 bits per heavy atom. The number of thiocarbonyl (C=S) groups is 1. The molecule has 0 spiro atoms. The van der Waals surface area contributed by atoms with E-state index in [0.29, 0.717) is 21.3 Å². The van der Waals surface area contributed by atoms with Crippen LogP contribution >= 0.6 is 24.0 Å². The van der Waals surface area contributed by atoms with Crippen molar-refractivity contribution in [2.75, 3.05) is 6.54 Å². The molecule has 0 aliphatic carbocycles. The summed E-state index contributed by atoms with van der Waals surface area (Å²) in [5.41, 5.74) is 0.616. The lowest BCUT2D eigenvalue weighted by Crippen LogP contribution is -2.27. The van der Waals surface area contributed by atoms with Crippen LogP contribution in [0.3, 0.4) is 0 Å². The molecule has 0 atom stereocenters. The summed E-state index contributed by atoms with van der Waals surface area (Å²) in [5.74, 6) is -0.149. The number of nitro groups is 1. The van der Waals surface area contributed by atoms with Crippen molar-refractivity contribution in [2.24, 2.45) is 0 Å². The molecule has 1 heterocycles. The number of nitrogens with zero attached hydrogens (tertiary/aromatic N) is 2. The van der Waals surface area contributed by atoms with E-state index in [4.69, 9.17) is 12.2 Å². The Morgan fingerprint density at radius 1 is 1.53 bits per heavy atom. The number of hydrogen-bond donors (Lipinski definition) is 0. The summed E-state index contributed by atoms with van der Waals surface area (Å²) in [6.45, 7) is 2.37. The quantitative estimate of drug-likeness (QED) is 0.371. The van der Waals surface area contributed by atoms with Crippen LogP contribution in [0.4, 0.5) is 5.69 Å². The van der Waals surface area contributed by atoms with E-state index in [1.54, 1.807) is 18.2 Å². The van der Waals surface area contributed by atoms with Crippen LogP contribution in [0.25, 0.3) is 6.08 Å². The van der Waals surface area contributed by atoms with E-state index in [0.717, 1.165) is 0 Å². The molecule has 0 saturated carbocycles. The molecule has 19 heavy (non-hydrogen) atoms. The van der Waals surface area contributed by atoms with Crippen LogP contribution in [0, 0.1) is 10.1 Å². The Bertz CT molecular complexity index is 598. The second kappa shape index (κ2) is 5.50. The number of thioether (sulfide) groups is 1. The molecular weight excluding hydrogens is 284 g/mol. The first kappa shape index (κ1) is 13.7. The number of non-ortho nitro benzene ring substituents is 1. The van der Waals surface area contributed by atoms with Crippen molar-refractivity contribution < 1.29 is 9.72 Å². The summed E-state index contributed by atoms with van der Waals surface area (Å²) in [5, 5.41) is 10.7. The lowest BCUT2D eigenvalue weighted by Gasteiger charge is -2.09. The van der Waals surface area contributed by atoms with Crippen LogP contribution in [0.2, 0.25) is 0 Å². The van der Waals surface area contributed by atoms with Gasteiger partial charge in [0.25, 0.3) is 11.6 Å². The molecule has 2 rings (SSSR count). The zero-order valence-electron chi connectivity index (χ0n) is 10.0. The number of benzene rings is 1. The zero-order chi connectivity index (χ0) is 14.0. The third kappa shape index (κ3) is 2.82. The summed E-state index contributed by atoms with van der Waals surface area (Å²) in [4.78, 5) is 24.2. The molecular formula is C12H10N2O3S2. The molecule has 0 unspecified atom stereocenters. The van der Waals surface area contributed by atoms with E-state index >= 15 is 0 Å².